The van der Waals surface area contributed by atoms with Gasteiger partial charge >= 0.3 is 0 Å². The van der Waals surface area contributed by atoms with Gasteiger partial charge in [0.1, 0.15) is 0 Å². The van der Waals surface area contributed by atoms with Gasteiger partial charge in [0.25, 0.3) is 0 Å². The average Bonchev–Trinajstić information content (AvgIpc) is 2.81. The molecule has 0 aromatic heterocycles. The van der Waals surface area contributed by atoms with E-state index in [2.05, 4.69) is 46.0 Å². The Labute approximate surface area is 105 Å². The van der Waals surface area contributed by atoms with Gasteiger partial charge in [-0.3, -0.25) is 0 Å². The third-order valence-electron chi connectivity index (χ3n) is 3.24. The molecule has 88 valence electrons. The highest BCUT2D eigenvalue weighted by atomic mass is 79.9. The van der Waals surface area contributed by atoms with Crippen molar-refractivity contribution in [3.63, 3.8) is 0 Å². The van der Waals surface area contributed by atoms with Crippen molar-refractivity contribution in [3.8, 4) is 0 Å². The topological polar surface area (TPSA) is 23.5 Å². The maximum Gasteiger partial charge on any atom is 0.0498 e. The van der Waals surface area contributed by atoms with E-state index in [1.165, 1.54) is 24.1 Å². The lowest BCUT2D eigenvalue weighted by Crippen LogP contribution is -2.20. The Bertz CT molecular complexity index is 361. The number of nitrogens with zero attached hydrogens (tertiary/aromatic N) is 1. The Balaban J connectivity index is 2.38. The Hall–Kier alpha value is -0.540. The Kier molecular flexibility index (Phi) is 3.87. The molecule has 1 aromatic carbocycles. The second kappa shape index (κ2) is 5.19. The van der Waals surface area contributed by atoms with Crippen LogP contribution in [0.25, 0.3) is 0 Å². The van der Waals surface area contributed by atoms with Crippen LogP contribution in [0.4, 0.5) is 5.69 Å². The first kappa shape index (κ1) is 11.9. The van der Waals surface area contributed by atoms with Gasteiger partial charge in [-0.05, 0) is 30.5 Å². The highest BCUT2D eigenvalue weighted by molar-refractivity contribution is 9.10. The molecule has 0 spiro atoms. The lowest BCUT2D eigenvalue weighted by atomic mass is 9.99. The van der Waals surface area contributed by atoms with Gasteiger partial charge in [-0.2, -0.15) is 0 Å². The molecule has 0 amide bonds. The summed E-state index contributed by atoms with van der Waals surface area (Å²) in [7, 11) is 0. The third-order valence-corrected chi connectivity index (χ3v) is 3.93. The number of halogens is 1. The standard InChI is InChI=1S/C13H18BrNO/c1-10(9-16)13-11(14)5-4-6-12(13)15-7-2-3-8-15/h4-6,10,16H,2-3,7-9H2,1H3. The van der Waals surface area contributed by atoms with Crippen molar-refractivity contribution in [2.75, 3.05) is 24.6 Å². The maximum absolute atomic E-state index is 9.34. The second-order valence-electron chi connectivity index (χ2n) is 4.45. The summed E-state index contributed by atoms with van der Waals surface area (Å²) in [5, 5.41) is 9.34. The highest BCUT2D eigenvalue weighted by Crippen LogP contribution is 2.35. The predicted octanol–water partition coefficient (Wildman–Crippen LogP) is 3.15. The number of hydrogen-bond donors (Lipinski definition) is 1. The summed E-state index contributed by atoms with van der Waals surface area (Å²) >= 11 is 3.60. The van der Waals surface area contributed by atoms with Gasteiger partial charge in [-0.15, -0.1) is 0 Å². The van der Waals surface area contributed by atoms with Gasteiger partial charge in [0, 0.05) is 35.8 Å². The van der Waals surface area contributed by atoms with Crippen LogP contribution < -0.4 is 4.90 Å². The molecule has 1 fully saturated rings. The zero-order chi connectivity index (χ0) is 11.5. The lowest BCUT2D eigenvalue weighted by Gasteiger charge is -2.24. The molecule has 1 aromatic rings. The Morgan fingerprint density at radius 3 is 2.69 bits per heavy atom. The van der Waals surface area contributed by atoms with E-state index in [1.54, 1.807) is 0 Å². The summed E-state index contributed by atoms with van der Waals surface area (Å²) in [5.74, 6) is 0.186. The van der Waals surface area contributed by atoms with Crippen molar-refractivity contribution in [1.82, 2.24) is 0 Å². The van der Waals surface area contributed by atoms with Crippen LogP contribution in [-0.4, -0.2) is 24.8 Å². The minimum Gasteiger partial charge on any atom is -0.396 e. The van der Waals surface area contributed by atoms with Crippen molar-refractivity contribution in [1.29, 1.82) is 0 Å². The van der Waals surface area contributed by atoms with Gasteiger partial charge in [-0.1, -0.05) is 28.9 Å². The van der Waals surface area contributed by atoms with E-state index >= 15 is 0 Å². The fourth-order valence-corrected chi connectivity index (χ4v) is 3.09. The first-order valence-corrected chi connectivity index (χ1v) is 6.67. The predicted molar refractivity (Wildman–Crippen MR) is 71.1 cm³/mol. The van der Waals surface area contributed by atoms with Crippen LogP contribution in [-0.2, 0) is 0 Å². The first-order valence-electron chi connectivity index (χ1n) is 5.88. The monoisotopic (exact) mass is 283 g/mol. The van der Waals surface area contributed by atoms with Crippen LogP contribution in [0.15, 0.2) is 22.7 Å². The highest BCUT2D eigenvalue weighted by Gasteiger charge is 2.20. The van der Waals surface area contributed by atoms with Crippen LogP contribution in [0.2, 0.25) is 0 Å². The van der Waals surface area contributed by atoms with Crippen molar-refractivity contribution in [2.45, 2.75) is 25.7 Å². The number of hydrogen-bond acceptors (Lipinski definition) is 2. The van der Waals surface area contributed by atoms with Gasteiger partial charge in [0.05, 0.1) is 0 Å². The van der Waals surface area contributed by atoms with E-state index in [0.717, 1.165) is 17.6 Å². The summed E-state index contributed by atoms with van der Waals surface area (Å²) < 4.78 is 1.11. The third kappa shape index (κ3) is 2.25. The fourth-order valence-electron chi connectivity index (χ4n) is 2.34. The zero-order valence-electron chi connectivity index (χ0n) is 9.62. The van der Waals surface area contributed by atoms with Gasteiger partial charge in [0.15, 0.2) is 0 Å². The smallest absolute Gasteiger partial charge is 0.0498 e. The summed E-state index contributed by atoms with van der Waals surface area (Å²) in [4.78, 5) is 2.42. The molecule has 2 nitrogen and oxygen atoms in total. The molecule has 1 N–H and O–H groups in total. The molecule has 0 aliphatic carbocycles. The molecule has 1 aliphatic rings. The lowest BCUT2D eigenvalue weighted by molar-refractivity contribution is 0.273. The van der Waals surface area contributed by atoms with Crippen LogP contribution >= 0.6 is 15.9 Å². The molecule has 2 rings (SSSR count). The van der Waals surface area contributed by atoms with Crippen LogP contribution in [0.5, 0.6) is 0 Å². The maximum atomic E-state index is 9.34. The van der Waals surface area contributed by atoms with E-state index in [0.29, 0.717) is 0 Å². The number of aliphatic hydroxyl groups is 1. The van der Waals surface area contributed by atoms with Crippen LogP contribution in [0, 0.1) is 0 Å². The molecule has 3 heteroatoms. The molecule has 0 bridgehead atoms. The van der Waals surface area contributed by atoms with Gasteiger partial charge in [-0.25, -0.2) is 0 Å². The summed E-state index contributed by atoms with van der Waals surface area (Å²) in [6.07, 6.45) is 2.55. The normalized spacial score (nSPS) is 17.8. The van der Waals surface area contributed by atoms with Crippen molar-refractivity contribution in [3.05, 3.63) is 28.2 Å². The van der Waals surface area contributed by atoms with Crippen molar-refractivity contribution in [2.24, 2.45) is 0 Å². The van der Waals surface area contributed by atoms with Crippen LogP contribution in [0.3, 0.4) is 0 Å². The van der Waals surface area contributed by atoms with E-state index in [9.17, 15) is 5.11 Å². The van der Waals surface area contributed by atoms with E-state index in [1.807, 2.05) is 0 Å². The van der Waals surface area contributed by atoms with Crippen molar-refractivity contribution < 1.29 is 5.11 Å². The molecule has 0 radical (unpaired) electrons. The summed E-state index contributed by atoms with van der Waals surface area (Å²) in [6.45, 7) is 4.55. The minimum absolute atomic E-state index is 0.186. The number of anilines is 1. The van der Waals surface area contributed by atoms with Crippen molar-refractivity contribution >= 4 is 21.6 Å². The molecule has 1 saturated heterocycles. The van der Waals surface area contributed by atoms with Gasteiger partial charge in [0.2, 0.25) is 0 Å². The SMILES string of the molecule is CC(CO)c1c(Br)cccc1N1CCCC1. The van der Waals surface area contributed by atoms with E-state index in [-0.39, 0.29) is 12.5 Å². The largest absolute Gasteiger partial charge is 0.396 e. The first-order chi connectivity index (χ1) is 7.74. The molecule has 1 atom stereocenters. The molecule has 1 aliphatic heterocycles. The van der Waals surface area contributed by atoms with Crippen LogP contribution in [0.1, 0.15) is 31.2 Å². The quantitative estimate of drug-likeness (QED) is 0.921. The summed E-state index contributed by atoms with van der Waals surface area (Å²) in [5.41, 5.74) is 2.53. The molecular formula is C13H18BrNO. The Morgan fingerprint density at radius 1 is 1.38 bits per heavy atom. The minimum atomic E-state index is 0.186. The van der Waals surface area contributed by atoms with E-state index < -0.39 is 0 Å². The second-order valence-corrected chi connectivity index (χ2v) is 5.30. The molecule has 1 unspecified atom stereocenters. The number of aliphatic hydroxyl groups excluding tert-OH is 1. The summed E-state index contributed by atoms with van der Waals surface area (Å²) in [6, 6.07) is 6.30. The van der Waals surface area contributed by atoms with Gasteiger partial charge < -0.3 is 10.0 Å². The zero-order valence-corrected chi connectivity index (χ0v) is 11.2. The molecule has 0 saturated carbocycles. The number of rotatable bonds is 3. The molecule has 16 heavy (non-hydrogen) atoms. The number of benzene rings is 1. The average molecular weight is 284 g/mol. The van der Waals surface area contributed by atoms with E-state index in [4.69, 9.17) is 0 Å². The molecular weight excluding hydrogens is 266 g/mol. The molecule has 1 heterocycles. The Morgan fingerprint density at radius 2 is 2.06 bits per heavy atom. The fraction of sp³-hybridized carbons (Fsp3) is 0.538.